The molecule has 8 nitrogen and oxygen atoms in total. The number of halogens is 1. The third kappa shape index (κ3) is 5.64. The number of aromatic nitrogens is 1. The van der Waals surface area contributed by atoms with Gasteiger partial charge >= 0.3 is 0 Å². The molecule has 1 N–H and O–H groups in total. The normalized spacial score (nSPS) is 11.9. The van der Waals surface area contributed by atoms with E-state index in [4.69, 9.17) is 21.1 Å². The minimum atomic E-state index is -3.75. The third-order valence-corrected chi connectivity index (χ3v) is 7.76. The standard InChI is InChI=1S/C21H24ClN3O5S2/c1-14-12-16(22)13-18-19(14)23-21(31-18)24-20(26)15-4-6-17(7-5-15)32(27,28)25(8-10-29-2)9-11-30-3/h4-7,12-13H,8-11H2,1-3H3,(H,23,24,26). The minimum Gasteiger partial charge on any atom is -0.383 e. The summed E-state index contributed by atoms with van der Waals surface area (Å²) in [6.07, 6.45) is 0. The number of benzene rings is 2. The van der Waals surface area contributed by atoms with E-state index >= 15 is 0 Å². The molecule has 0 radical (unpaired) electrons. The van der Waals surface area contributed by atoms with Crippen LogP contribution in [-0.4, -0.2) is 64.1 Å². The van der Waals surface area contributed by atoms with E-state index in [0.717, 1.165) is 15.8 Å². The van der Waals surface area contributed by atoms with Crippen LogP contribution in [0.5, 0.6) is 0 Å². The fraction of sp³-hybridized carbons (Fsp3) is 0.333. The number of methoxy groups -OCH3 is 2. The summed E-state index contributed by atoms with van der Waals surface area (Å²) >= 11 is 7.41. The number of nitrogens with one attached hydrogen (secondary N) is 1. The van der Waals surface area contributed by atoms with Gasteiger partial charge in [0.25, 0.3) is 5.91 Å². The van der Waals surface area contributed by atoms with Crippen LogP contribution in [0.3, 0.4) is 0 Å². The SMILES string of the molecule is COCCN(CCOC)S(=O)(=O)c1ccc(C(=O)Nc2nc3c(C)cc(Cl)cc3s2)cc1. The molecule has 11 heteroatoms. The molecule has 0 aliphatic rings. The number of anilines is 1. The van der Waals surface area contributed by atoms with Gasteiger partial charge in [-0.3, -0.25) is 10.1 Å². The van der Waals surface area contributed by atoms with Crippen LogP contribution in [0, 0.1) is 6.92 Å². The molecule has 1 heterocycles. The van der Waals surface area contributed by atoms with Gasteiger partial charge in [-0.15, -0.1) is 0 Å². The second-order valence-corrected chi connectivity index (χ2v) is 10.4. The highest BCUT2D eigenvalue weighted by molar-refractivity contribution is 7.89. The zero-order valence-electron chi connectivity index (χ0n) is 17.9. The average Bonchev–Trinajstić information content (AvgIpc) is 3.16. The second kappa shape index (κ2) is 10.7. The maximum Gasteiger partial charge on any atom is 0.257 e. The fourth-order valence-corrected chi connectivity index (χ4v) is 5.77. The highest BCUT2D eigenvalue weighted by Gasteiger charge is 2.24. The topological polar surface area (TPSA) is 97.8 Å². The van der Waals surface area contributed by atoms with Crippen LogP contribution in [0.1, 0.15) is 15.9 Å². The number of amides is 1. The van der Waals surface area contributed by atoms with E-state index < -0.39 is 10.0 Å². The average molecular weight is 498 g/mol. The monoisotopic (exact) mass is 497 g/mol. The summed E-state index contributed by atoms with van der Waals surface area (Å²) in [4.78, 5) is 17.2. The number of aryl methyl sites for hydroxylation is 1. The number of thiazole rings is 1. The van der Waals surface area contributed by atoms with Crippen molar-refractivity contribution in [2.45, 2.75) is 11.8 Å². The molecule has 0 aliphatic heterocycles. The van der Waals surface area contributed by atoms with Gasteiger partial charge in [-0.05, 0) is 48.9 Å². The molecular formula is C21H24ClN3O5S2. The summed E-state index contributed by atoms with van der Waals surface area (Å²) in [6.45, 7) is 2.82. The first-order valence-electron chi connectivity index (χ1n) is 9.72. The number of carbonyl (C=O) groups is 1. The lowest BCUT2D eigenvalue weighted by molar-refractivity contribution is 0.102. The van der Waals surface area contributed by atoms with Crippen molar-refractivity contribution in [3.8, 4) is 0 Å². The molecule has 0 fully saturated rings. The summed E-state index contributed by atoms with van der Waals surface area (Å²) in [5.74, 6) is -0.382. The van der Waals surface area contributed by atoms with Gasteiger partial charge in [0.2, 0.25) is 10.0 Å². The molecule has 1 amide bonds. The lowest BCUT2D eigenvalue weighted by Gasteiger charge is -2.21. The predicted molar refractivity (Wildman–Crippen MR) is 126 cm³/mol. The van der Waals surface area contributed by atoms with Crippen molar-refractivity contribution in [3.63, 3.8) is 0 Å². The Hall–Kier alpha value is -2.08. The maximum atomic E-state index is 13.0. The molecule has 0 spiro atoms. The molecule has 0 saturated heterocycles. The van der Waals surface area contributed by atoms with Gasteiger partial charge in [0, 0.05) is 37.9 Å². The Bertz CT molecular complexity index is 1190. The Morgan fingerprint density at radius 2 is 1.75 bits per heavy atom. The van der Waals surface area contributed by atoms with E-state index in [2.05, 4.69) is 10.3 Å². The van der Waals surface area contributed by atoms with Gasteiger partial charge in [-0.2, -0.15) is 4.31 Å². The summed E-state index contributed by atoms with van der Waals surface area (Å²) < 4.78 is 38.1. The van der Waals surface area contributed by atoms with Crippen molar-refractivity contribution in [3.05, 3.63) is 52.5 Å². The Balaban J connectivity index is 1.76. The molecule has 3 rings (SSSR count). The molecule has 0 saturated carbocycles. The number of ether oxygens (including phenoxy) is 2. The van der Waals surface area contributed by atoms with Crippen LogP contribution in [0.25, 0.3) is 10.2 Å². The molecule has 0 bridgehead atoms. The van der Waals surface area contributed by atoms with Gasteiger partial charge in [0.1, 0.15) is 0 Å². The lowest BCUT2D eigenvalue weighted by atomic mass is 10.2. The molecular weight excluding hydrogens is 474 g/mol. The fourth-order valence-electron chi connectivity index (χ4n) is 3.04. The van der Waals surface area contributed by atoms with Crippen molar-refractivity contribution in [2.24, 2.45) is 0 Å². The van der Waals surface area contributed by atoms with Gasteiger partial charge in [0.05, 0.1) is 28.3 Å². The lowest BCUT2D eigenvalue weighted by Crippen LogP contribution is -2.36. The number of carbonyl (C=O) groups excluding carboxylic acids is 1. The van der Waals surface area contributed by atoms with Crippen molar-refractivity contribution in [2.75, 3.05) is 45.8 Å². The van der Waals surface area contributed by atoms with Crippen LogP contribution in [-0.2, 0) is 19.5 Å². The zero-order chi connectivity index (χ0) is 23.3. The highest BCUT2D eigenvalue weighted by Crippen LogP contribution is 2.31. The van der Waals surface area contributed by atoms with E-state index in [-0.39, 0.29) is 37.1 Å². The third-order valence-electron chi connectivity index (χ3n) is 4.71. The van der Waals surface area contributed by atoms with E-state index in [1.54, 1.807) is 6.07 Å². The first kappa shape index (κ1) is 24.6. The molecule has 172 valence electrons. The van der Waals surface area contributed by atoms with E-state index in [1.165, 1.54) is 54.1 Å². The van der Waals surface area contributed by atoms with Gasteiger partial charge in [-0.1, -0.05) is 22.9 Å². The van der Waals surface area contributed by atoms with E-state index in [1.807, 2.05) is 13.0 Å². The quantitative estimate of drug-likeness (QED) is 0.457. The van der Waals surface area contributed by atoms with Gasteiger partial charge in [-0.25, -0.2) is 13.4 Å². The number of sulfonamides is 1. The van der Waals surface area contributed by atoms with Crippen molar-refractivity contribution in [1.82, 2.24) is 9.29 Å². The van der Waals surface area contributed by atoms with Gasteiger partial charge in [0.15, 0.2) is 5.13 Å². The van der Waals surface area contributed by atoms with Gasteiger partial charge < -0.3 is 9.47 Å². The van der Waals surface area contributed by atoms with Crippen molar-refractivity contribution in [1.29, 1.82) is 0 Å². The molecule has 1 aromatic heterocycles. The zero-order valence-corrected chi connectivity index (χ0v) is 20.3. The van der Waals surface area contributed by atoms with Crippen LogP contribution in [0.15, 0.2) is 41.3 Å². The summed E-state index contributed by atoms with van der Waals surface area (Å²) in [6, 6.07) is 9.40. The molecule has 0 atom stereocenters. The Morgan fingerprint density at radius 3 is 2.34 bits per heavy atom. The number of hydrogen-bond acceptors (Lipinski definition) is 7. The predicted octanol–water partition coefficient (Wildman–Crippen LogP) is 3.79. The maximum absolute atomic E-state index is 13.0. The largest absolute Gasteiger partial charge is 0.383 e. The first-order chi connectivity index (χ1) is 15.3. The summed E-state index contributed by atoms with van der Waals surface area (Å²) in [5.41, 5.74) is 2.02. The molecule has 3 aromatic rings. The van der Waals surface area contributed by atoms with Crippen LogP contribution >= 0.6 is 22.9 Å². The highest BCUT2D eigenvalue weighted by atomic mass is 35.5. The van der Waals surface area contributed by atoms with Crippen molar-refractivity contribution >= 4 is 54.2 Å². The minimum absolute atomic E-state index is 0.0894. The first-order valence-corrected chi connectivity index (χ1v) is 12.4. The molecule has 0 aliphatic carbocycles. The molecule has 32 heavy (non-hydrogen) atoms. The Labute approximate surface area is 196 Å². The van der Waals surface area contributed by atoms with E-state index in [9.17, 15) is 13.2 Å². The van der Waals surface area contributed by atoms with Crippen molar-refractivity contribution < 1.29 is 22.7 Å². The second-order valence-electron chi connectivity index (χ2n) is 6.96. The van der Waals surface area contributed by atoms with E-state index in [0.29, 0.717) is 15.7 Å². The van der Waals surface area contributed by atoms with Crippen LogP contribution in [0.4, 0.5) is 5.13 Å². The number of hydrogen-bond donors (Lipinski definition) is 1. The molecule has 0 unspecified atom stereocenters. The smallest absolute Gasteiger partial charge is 0.257 e. The number of nitrogens with zero attached hydrogens (tertiary/aromatic N) is 2. The Morgan fingerprint density at radius 1 is 1.12 bits per heavy atom. The number of fused-ring (bicyclic) bond motifs is 1. The molecule has 2 aromatic carbocycles. The van der Waals surface area contributed by atoms with Crippen LogP contribution < -0.4 is 5.32 Å². The Kier molecular flexibility index (Phi) is 8.21. The summed E-state index contributed by atoms with van der Waals surface area (Å²) in [7, 11) is -0.735. The van der Waals surface area contributed by atoms with Crippen LogP contribution in [0.2, 0.25) is 5.02 Å². The number of rotatable bonds is 10. The summed E-state index contributed by atoms with van der Waals surface area (Å²) in [5, 5.41) is 3.82.